The fraction of sp³-hybridized carbons (Fsp3) is 0.833. The average molecular weight is 802 g/mol. The van der Waals surface area contributed by atoms with Crippen molar-refractivity contribution in [1.29, 1.82) is 0 Å². The van der Waals surface area contributed by atoms with Gasteiger partial charge in [-0.15, -0.1) is 0 Å². The van der Waals surface area contributed by atoms with E-state index >= 15 is 0 Å². The highest BCUT2D eigenvalue weighted by Crippen LogP contribution is 2.60. The second-order valence-corrected chi connectivity index (χ2v) is 19.7. The number of unbranched alkanes of at least 4 members (excludes halogenated alkanes) is 20. The summed E-state index contributed by atoms with van der Waals surface area (Å²) in [5.41, 5.74) is -0.468. The van der Waals surface area contributed by atoms with Crippen LogP contribution in [0.25, 0.3) is 0 Å². The van der Waals surface area contributed by atoms with Gasteiger partial charge >= 0.3 is 0 Å². The summed E-state index contributed by atoms with van der Waals surface area (Å²) in [6.07, 6.45) is 48.2. The van der Waals surface area contributed by atoms with Crippen LogP contribution in [0.5, 0.6) is 0 Å². The Morgan fingerprint density at radius 3 is 1.56 bits per heavy atom. The maximum absolute atomic E-state index is 14.2. The van der Waals surface area contributed by atoms with Gasteiger partial charge in [-0.25, -0.2) is 0 Å². The van der Waals surface area contributed by atoms with E-state index in [1.165, 1.54) is 122 Å². The van der Waals surface area contributed by atoms with Gasteiger partial charge < -0.3 is 15.1 Å². The molecular formula is C48H87N3O2S2. The SMILES string of the molecule is CCCCC/C=C\C/C=C\CCCCCCCC(=O)N(CCCN(C)C)C1(C(=O)NCCCCCCCC/C=C\CCCCCCCC)CC2(CSSC2)C1. The first-order valence-corrected chi connectivity index (χ1v) is 25.8. The van der Waals surface area contributed by atoms with Crippen molar-refractivity contribution in [3.05, 3.63) is 36.5 Å². The first kappa shape index (κ1) is 50.0. The Labute approximate surface area is 349 Å². The van der Waals surface area contributed by atoms with E-state index in [9.17, 15) is 9.59 Å². The molecule has 1 saturated heterocycles. The van der Waals surface area contributed by atoms with Crippen molar-refractivity contribution in [2.45, 2.75) is 206 Å². The monoisotopic (exact) mass is 802 g/mol. The van der Waals surface area contributed by atoms with E-state index in [2.05, 4.69) is 79.5 Å². The van der Waals surface area contributed by atoms with E-state index in [-0.39, 0.29) is 17.2 Å². The second kappa shape index (κ2) is 32.7. The number of nitrogens with one attached hydrogen (secondary N) is 1. The summed E-state index contributed by atoms with van der Waals surface area (Å²) in [4.78, 5) is 32.5. The summed E-state index contributed by atoms with van der Waals surface area (Å²) < 4.78 is 0. The van der Waals surface area contributed by atoms with Crippen LogP contribution in [0.2, 0.25) is 0 Å². The summed E-state index contributed by atoms with van der Waals surface area (Å²) in [6, 6.07) is 0. The highest BCUT2D eigenvalue weighted by atomic mass is 33.1. The predicted molar refractivity (Wildman–Crippen MR) is 246 cm³/mol. The van der Waals surface area contributed by atoms with Crippen molar-refractivity contribution in [1.82, 2.24) is 15.1 Å². The molecule has 0 atom stereocenters. The number of nitrogens with zero attached hydrogens (tertiary/aromatic N) is 2. The zero-order valence-corrected chi connectivity index (χ0v) is 38.2. The van der Waals surface area contributed by atoms with Gasteiger partial charge in [0.25, 0.3) is 0 Å². The molecule has 1 aliphatic carbocycles. The van der Waals surface area contributed by atoms with E-state index in [0.717, 1.165) is 82.4 Å². The number of allylic oxidation sites excluding steroid dienone is 6. The number of hydrogen-bond acceptors (Lipinski definition) is 5. The highest BCUT2D eigenvalue weighted by Gasteiger charge is 2.63. The Kier molecular flexibility index (Phi) is 29.7. The largest absolute Gasteiger partial charge is 0.354 e. The molecule has 1 aliphatic heterocycles. The normalized spacial score (nSPS) is 16.3. The summed E-state index contributed by atoms with van der Waals surface area (Å²) in [5.74, 6) is 2.52. The van der Waals surface area contributed by atoms with Gasteiger partial charge in [-0.2, -0.15) is 0 Å². The zero-order valence-electron chi connectivity index (χ0n) is 36.5. The maximum Gasteiger partial charge on any atom is 0.246 e. The van der Waals surface area contributed by atoms with Crippen LogP contribution in [-0.2, 0) is 9.59 Å². The summed E-state index contributed by atoms with van der Waals surface area (Å²) >= 11 is 0. The number of carbonyl (C=O) groups is 2. The van der Waals surface area contributed by atoms with Crippen LogP contribution in [0, 0.1) is 5.41 Å². The van der Waals surface area contributed by atoms with Crippen molar-refractivity contribution < 1.29 is 9.59 Å². The van der Waals surface area contributed by atoms with Gasteiger partial charge in [-0.3, -0.25) is 9.59 Å². The molecule has 5 nitrogen and oxygen atoms in total. The zero-order chi connectivity index (χ0) is 39.7. The van der Waals surface area contributed by atoms with Crippen LogP contribution in [0.4, 0.5) is 0 Å². The lowest BCUT2D eigenvalue weighted by Crippen LogP contribution is -2.71. The Morgan fingerprint density at radius 1 is 0.564 bits per heavy atom. The minimum Gasteiger partial charge on any atom is -0.354 e. The van der Waals surface area contributed by atoms with E-state index in [0.29, 0.717) is 13.0 Å². The van der Waals surface area contributed by atoms with Gasteiger partial charge in [0.15, 0.2) is 0 Å². The molecule has 1 spiro atoms. The molecule has 1 N–H and O–H groups in total. The van der Waals surface area contributed by atoms with E-state index in [1.54, 1.807) is 0 Å². The summed E-state index contributed by atoms with van der Waals surface area (Å²) in [7, 11) is 8.09. The second-order valence-electron chi connectivity index (χ2n) is 17.3. The van der Waals surface area contributed by atoms with Crippen LogP contribution < -0.4 is 5.32 Å². The van der Waals surface area contributed by atoms with Crippen LogP contribution in [0.1, 0.15) is 200 Å². The molecule has 0 bridgehead atoms. The van der Waals surface area contributed by atoms with Gasteiger partial charge in [0.2, 0.25) is 11.8 Å². The molecular weight excluding hydrogens is 715 g/mol. The smallest absolute Gasteiger partial charge is 0.246 e. The molecule has 2 fully saturated rings. The minimum absolute atomic E-state index is 0.117. The molecule has 2 rings (SSSR count). The minimum atomic E-state index is -0.672. The van der Waals surface area contributed by atoms with Crippen molar-refractivity contribution >= 4 is 33.4 Å². The van der Waals surface area contributed by atoms with Crippen molar-refractivity contribution in [2.24, 2.45) is 5.41 Å². The fourth-order valence-electron chi connectivity index (χ4n) is 8.33. The van der Waals surface area contributed by atoms with Crippen molar-refractivity contribution in [2.75, 3.05) is 45.2 Å². The number of carbonyl (C=O) groups excluding carboxylic acids is 2. The van der Waals surface area contributed by atoms with Gasteiger partial charge in [0.05, 0.1) is 0 Å². The third kappa shape index (κ3) is 22.5. The first-order chi connectivity index (χ1) is 26.9. The quantitative estimate of drug-likeness (QED) is 0.0388. The van der Waals surface area contributed by atoms with Crippen molar-refractivity contribution in [3.63, 3.8) is 0 Å². The lowest BCUT2D eigenvalue weighted by molar-refractivity contribution is -0.163. The number of rotatable bonds is 36. The molecule has 2 aliphatic rings. The molecule has 0 aromatic rings. The Morgan fingerprint density at radius 2 is 1.02 bits per heavy atom. The first-order valence-electron chi connectivity index (χ1n) is 23.3. The molecule has 2 amide bonds. The van der Waals surface area contributed by atoms with Gasteiger partial charge in [0.1, 0.15) is 5.54 Å². The molecule has 55 heavy (non-hydrogen) atoms. The van der Waals surface area contributed by atoms with Crippen LogP contribution in [-0.4, -0.2) is 72.4 Å². The molecule has 7 heteroatoms. The molecule has 0 radical (unpaired) electrons. The van der Waals surface area contributed by atoms with Gasteiger partial charge in [0, 0.05) is 31.0 Å². The van der Waals surface area contributed by atoms with Gasteiger partial charge in [-0.05, 0) is 116 Å². The average Bonchev–Trinajstić information content (AvgIpc) is 3.65. The molecule has 1 saturated carbocycles. The summed E-state index contributed by atoms with van der Waals surface area (Å²) in [6.45, 7) is 6.87. The fourth-order valence-corrected chi connectivity index (χ4v) is 11.7. The van der Waals surface area contributed by atoms with Crippen LogP contribution >= 0.6 is 21.6 Å². The van der Waals surface area contributed by atoms with E-state index in [1.807, 2.05) is 21.6 Å². The predicted octanol–water partition coefficient (Wildman–Crippen LogP) is 13.6. The lowest BCUT2D eigenvalue weighted by Gasteiger charge is -2.58. The lowest BCUT2D eigenvalue weighted by atomic mass is 9.57. The molecule has 318 valence electrons. The Bertz CT molecular complexity index is 1040. The Balaban J connectivity index is 1.73. The Hall–Kier alpha value is -1.18. The summed E-state index contributed by atoms with van der Waals surface area (Å²) in [5, 5.41) is 3.36. The topological polar surface area (TPSA) is 52.7 Å². The molecule has 0 unspecified atom stereocenters. The third-order valence-electron chi connectivity index (χ3n) is 11.7. The third-order valence-corrected chi connectivity index (χ3v) is 14.5. The number of hydrogen-bond donors (Lipinski definition) is 1. The number of amides is 2. The molecule has 1 heterocycles. The van der Waals surface area contributed by atoms with Crippen molar-refractivity contribution in [3.8, 4) is 0 Å². The van der Waals surface area contributed by atoms with E-state index < -0.39 is 5.54 Å². The van der Waals surface area contributed by atoms with Gasteiger partial charge in [-0.1, -0.05) is 162 Å². The highest BCUT2D eigenvalue weighted by molar-refractivity contribution is 8.77. The molecule has 0 aromatic carbocycles. The van der Waals surface area contributed by atoms with Crippen LogP contribution in [0.3, 0.4) is 0 Å². The standard InChI is InChI=1S/C48H87N3O2S2/c1-5-7-9-11-13-15-17-19-21-23-25-27-29-31-33-35-38-49-46(53)48(41-47(42-48)43-54-55-44-47)51(40-36-39-50(3)4)45(52)37-34-32-30-28-26-24-22-20-18-16-14-12-10-8-6-2/h14,16,19-22H,5-13,15,17-18,23-44H2,1-4H3,(H,49,53)/b16-14-,21-19-,22-20-. The molecule has 0 aromatic heterocycles. The maximum atomic E-state index is 14.2. The van der Waals surface area contributed by atoms with E-state index in [4.69, 9.17) is 0 Å². The van der Waals surface area contributed by atoms with Crippen LogP contribution in [0.15, 0.2) is 36.5 Å².